The van der Waals surface area contributed by atoms with Gasteiger partial charge in [-0.3, -0.25) is 4.79 Å². The number of anilines is 2. The predicted molar refractivity (Wildman–Crippen MR) is 63.0 cm³/mol. The van der Waals surface area contributed by atoms with Crippen LogP contribution in [0, 0.1) is 5.92 Å². The molecule has 1 aliphatic rings. The molecule has 3 N–H and O–H groups in total. The second-order valence-corrected chi connectivity index (χ2v) is 4.05. The number of hydrogen-bond donors (Lipinski definition) is 2. The van der Waals surface area contributed by atoms with Crippen molar-refractivity contribution in [3.05, 3.63) is 24.3 Å². The van der Waals surface area contributed by atoms with Crippen molar-refractivity contribution < 1.29 is 9.53 Å². The van der Waals surface area contributed by atoms with Crippen LogP contribution in [-0.4, -0.2) is 18.6 Å². The molecule has 0 bridgehead atoms. The second kappa shape index (κ2) is 4.53. The Hall–Kier alpha value is -1.55. The lowest BCUT2D eigenvalue weighted by Gasteiger charge is -2.14. The third kappa shape index (κ3) is 2.17. The lowest BCUT2D eigenvalue weighted by molar-refractivity contribution is -0.121. The third-order valence-electron chi connectivity index (χ3n) is 2.93. The van der Waals surface area contributed by atoms with Crippen molar-refractivity contribution in [3.8, 4) is 0 Å². The van der Waals surface area contributed by atoms with Gasteiger partial charge in [0.05, 0.1) is 23.4 Å². The van der Waals surface area contributed by atoms with Crippen LogP contribution in [-0.2, 0) is 9.53 Å². The van der Waals surface area contributed by atoms with E-state index in [4.69, 9.17) is 10.5 Å². The monoisotopic (exact) mass is 220 g/mol. The van der Waals surface area contributed by atoms with Crippen LogP contribution >= 0.6 is 0 Å². The van der Waals surface area contributed by atoms with E-state index in [9.17, 15) is 4.79 Å². The quantitative estimate of drug-likeness (QED) is 0.744. The van der Waals surface area contributed by atoms with E-state index in [-0.39, 0.29) is 17.9 Å². The summed E-state index contributed by atoms with van der Waals surface area (Å²) in [4.78, 5) is 11.9. The third-order valence-corrected chi connectivity index (χ3v) is 2.93. The number of benzene rings is 1. The van der Waals surface area contributed by atoms with Gasteiger partial charge in [0.15, 0.2) is 0 Å². The Bertz CT molecular complexity index is 392. The summed E-state index contributed by atoms with van der Waals surface area (Å²) in [5, 5.41) is 2.84. The average Bonchev–Trinajstić information content (AvgIpc) is 2.68. The Morgan fingerprint density at radius 1 is 1.50 bits per heavy atom. The maximum atomic E-state index is 11.9. The molecule has 0 spiro atoms. The fourth-order valence-electron chi connectivity index (χ4n) is 1.91. The van der Waals surface area contributed by atoms with Crippen molar-refractivity contribution in [2.24, 2.45) is 5.92 Å². The normalized spacial score (nSPS) is 24.3. The Kier molecular flexibility index (Phi) is 3.10. The molecule has 2 rings (SSSR count). The molecule has 2 atom stereocenters. The topological polar surface area (TPSA) is 64.3 Å². The van der Waals surface area contributed by atoms with Gasteiger partial charge in [0.1, 0.15) is 0 Å². The van der Waals surface area contributed by atoms with Crippen molar-refractivity contribution in [1.82, 2.24) is 0 Å². The number of para-hydroxylation sites is 2. The summed E-state index contributed by atoms with van der Waals surface area (Å²) in [5.41, 5.74) is 7.01. The molecule has 0 saturated carbocycles. The van der Waals surface area contributed by atoms with Crippen molar-refractivity contribution in [2.45, 2.75) is 19.4 Å². The van der Waals surface area contributed by atoms with Crippen LogP contribution in [0.2, 0.25) is 0 Å². The zero-order chi connectivity index (χ0) is 11.5. The molecule has 0 aromatic heterocycles. The fourth-order valence-corrected chi connectivity index (χ4v) is 1.91. The Balaban J connectivity index is 2.05. The first-order chi connectivity index (χ1) is 7.68. The van der Waals surface area contributed by atoms with Crippen LogP contribution in [0.1, 0.15) is 13.3 Å². The summed E-state index contributed by atoms with van der Waals surface area (Å²) < 4.78 is 5.36. The second-order valence-electron chi connectivity index (χ2n) is 4.05. The molecule has 1 aromatic carbocycles. The van der Waals surface area contributed by atoms with E-state index in [1.54, 1.807) is 12.1 Å². The number of carbonyl (C=O) groups excluding carboxylic acids is 1. The molecule has 1 saturated heterocycles. The van der Waals surface area contributed by atoms with Gasteiger partial charge in [-0.05, 0) is 25.5 Å². The molecule has 16 heavy (non-hydrogen) atoms. The van der Waals surface area contributed by atoms with Crippen LogP contribution in [0.4, 0.5) is 11.4 Å². The standard InChI is InChI=1S/C12H16N2O2/c1-8-9(6-7-16-8)12(15)14-11-5-3-2-4-10(11)13/h2-5,8-9H,6-7,13H2,1H3,(H,14,15). The fraction of sp³-hybridized carbons (Fsp3) is 0.417. The van der Waals surface area contributed by atoms with Gasteiger partial charge in [0.2, 0.25) is 5.91 Å². The van der Waals surface area contributed by atoms with Crippen LogP contribution in [0.15, 0.2) is 24.3 Å². The molecule has 1 aromatic rings. The number of ether oxygens (including phenoxy) is 1. The minimum Gasteiger partial charge on any atom is -0.397 e. The lowest BCUT2D eigenvalue weighted by atomic mass is 10.0. The number of nitrogens with one attached hydrogen (secondary N) is 1. The number of nitrogen functional groups attached to an aromatic ring is 1. The van der Waals surface area contributed by atoms with Crippen molar-refractivity contribution in [3.63, 3.8) is 0 Å². The molecule has 0 aliphatic carbocycles. The van der Waals surface area contributed by atoms with Gasteiger partial charge in [-0.15, -0.1) is 0 Å². The zero-order valence-corrected chi connectivity index (χ0v) is 9.27. The molecule has 86 valence electrons. The van der Waals surface area contributed by atoms with E-state index in [0.717, 1.165) is 6.42 Å². The number of nitrogens with two attached hydrogens (primary N) is 1. The van der Waals surface area contributed by atoms with E-state index in [0.29, 0.717) is 18.0 Å². The van der Waals surface area contributed by atoms with Gasteiger partial charge in [-0.2, -0.15) is 0 Å². The van der Waals surface area contributed by atoms with Crippen LogP contribution < -0.4 is 11.1 Å². The highest BCUT2D eigenvalue weighted by atomic mass is 16.5. The van der Waals surface area contributed by atoms with Crippen LogP contribution in [0.25, 0.3) is 0 Å². The number of hydrogen-bond acceptors (Lipinski definition) is 3. The van der Waals surface area contributed by atoms with Gasteiger partial charge < -0.3 is 15.8 Å². The minimum absolute atomic E-state index is 0.00932. The van der Waals surface area contributed by atoms with Crippen LogP contribution in [0.5, 0.6) is 0 Å². The van der Waals surface area contributed by atoms with E-state index in [2.05, 4.69) is 5.32 Å². The Morgan fingerprint density at radius 3 is 2.88 bits per heavy atom. The van der Waals surface area contributed by atoms with Crippen LogP contribution in [0.3, 0.4) is 0 Å². The van der Waals surface area contributed by atoms with Gasteiger partial charge >= 0.3 is 0 Å². The molecular weight excluding hydrogens is 204 g/mol. The smallest absolute Gasteiger partial charge is 0.230 e. The van der Waals surface area contributed by atoms with E-state index < -0.39 is 0 Å². The average molecular weight is 220 g/mol. The maximum absolute atomic E-state index is 11.9. The largest absolute Gasteiger partial charge is 0.397 e. The summed E-state index contributed by atoms with van der Waals surface area (Å²) in [6, 6.07) is 7.25. The first-order valence-corrected chi connectivity index (χ1v) is 5.45. The molecule has 4 heteroatoms. The molecule has 1 aliphatic heterocycles. The summed E-state index contributed by atoms with van der Waals surface area (Å²) >= 11 is 0. The highest BCUT2D eigenvalue weighted by Crippen LogP contribution is 2.24. The zero-order valence-electron chi connectivity index (χ0n) is 9.27. The van der Waals surface area contributed by atoms with Gasteiger partial charge in [0, 0.05) is 6.61 Å². The van der Waals surface area contributed by atoms with E-state index in [1.165, 1.54) is 0 Å². The minimum atomic E-state index is -0.0698. The van der Waals surface area contributed by atoms with Crippen molar-refractivity contribution >= 4 is 17.3 Å². The van der Waals surface area contributed by atoms with E-state index in [1.807, 2.05) is 19.1 Å². The lowest BCUT2D eigenvalue weighted by Crippen LogP contribution is -2.28. The van der Waals surface area contributed by atoms with Gasteiger partial charge in [0.25, 0.3) is 0 Å². The van der Waals surface area contributed by atoms with Gasteiger partial charge in [-0.25, -0.2) is 0 Å². The Morgan fingerprint density at radius 2 is 2.25 bits per heavy atom. The first-order valence-electron chi connectivity index (χ1n) is 5.45. The van der Waals surface area contributed by atoms with Gasteiger partial charge in [-0.1, -0.05) is 12.1 Å². The highest BCUT2D eigenvalue weighted by molar-refractivity contribution is 5.95. The number of carbonyl (C=O) groups is 1. The molecule has 1 heterocycles. The summed E-state index contributed by atoms with van der Waals surface area (Å²) in [5.74, 6) is -0.0810. The summed E-state index contributed by atoms with van der Waals surface area (Å²) in [7, 11) is 0. The number of rotatable bonds is 2. The molecule has 1 amide bonds. The summed E-state index contributed by atoms with van der Waals surface area (Å²) in [6.45, 7) is 2.58. The SMILES string of the molecule is CC1OCCC1C(=O)Nc1ccccc1N. The van der Waals surface area contributed by atoms with E-state index >= 15 is 0 Å². The predicted octanol–water partition coefficient (Wildman–Crippen LogP) is 1.63. The molecular formula is C12H16N2O2. The van der Waals surface area contributed by atoms with Crippen molar-refractivity contribution in [2.75, 3.05) is 17.7 Å². The molecule has 1 fully saturated rings. The van der Waals surface area contributed by atoms with Crippen molar-refractivity contribution in [1.29, 1.82) is 0 Å². The number of amides is 1. The maximum Gasteiger partial charge on any atom is 0.230 e. The summed E-state index contributed by atoms with van der Waals surface area (Å²) in [6.07, 6.45) is 0.768. The highest BCUT2D eigenvalue weighted by Gasteiger charge is 2.30. The Labute approximate surface area is 94.8 Å². The first kappa shape index (κ1) is 11.0. The molecule has 4 nitrogen and oxygen atoms in total. The molecule has 0 radical (unpaired) electrons. The molecule has 2 unspecified atom stereocenters.